The van der Waals surface area contributed by atoms with Gasteiger partial charge in [0.2, 0.25) is 11.8 Å². The molecule has 2 aromatic rings. The van der Waals surface area contributed by atoms with Crippen LogP contribution in [0.15, 0.2) is 54.6 Å². The zero-order valence-electron chi connectivity index (χ0n) is 15.8. The van der Waals surface area contributed by atoms with Gasteiger partial charge in [0.25, 0.3) is 0 Å². The number of carbonyl (C=O) groups excluding carboxylic acids is 2. The second-order valence-corrected chi connectivity index (χ2v) is 8.47. The standard InChI is InChI=1S/C21H24N2O3S/c1-21(2,3)20(25)23-14-27-13-18(23)19(24)22-15-9-11-17(12-10-15)26-16-7-5-4-6-8-16/h4-12,18H,13-14H2,1-3H3,(H,22,24). The number of hydrogen-bond donors (Lipinski definition) is 1. The summed E-state index contributed by atoms with van der Waals surface area (Å²) in [6, 6.07) is 16.3. The molecule has 0 radical (unpaired) electrons. The van der Waals surface area contributed by atoms with Crippen molar-refractivity contribution in [1.82, 2.24) is 4.90 Å². The minimum atomic E-state index is -0.500. The summed E-state index contributed by atoms with van der Waals surface area (Å²) in [5, 5.41) is 2.91. The van der Waals surface area contributed by atoms with Gasteiger partial charge in [-0.05, 0) is 36.4 Å². The van der Waals surface area contributed by atoms with Crippen LogP contribution in [0.5, 0.6) is 11.5 Å². The second-order valence-electron chi connectivity index (χ2n) is 7.47. The fourth-order valence-corrected chi connectivity index (χ4v) is 3.90. The first-order valence-electron chi connectivity index (χ1n) is 8.87. The number of hydrogen-bond acceptors (Lipinski definition) is 4. The first kappa shape index (κ1) is 19.3. The minimum absolute atomic E-state index is 0.000686. The highest BCUT2D eigenvalue weighted by Crippen LogP contribution is 2.28. The van der Waals surface area contributed by atoms with Crippen molar-refractivity contribution in [2.45, 2.75) is 26.8 Å². The number of ether oxygens (including phenoxy) is 1. The topological polar surface area (TPSA) is 58.6 Å². The quantitative estimate of drug-likeness (QED) is 0.851. The zero-order chi connectivity index (χ0) is 19.4. The van der Waals surface area contributed by atoms with Gasteiger partial charge < -0.3 is 15.0 Å². The van der Waals surface area contributed by atoms with Gasteiger partial charge in [0.15, 0.2) is 0 Å². The van der Waals surface area contributed by atoms with Crippen LogP contribution >= 0.6 is 11.8 Å². The molecule has 0 aliphatic carbocycles. The highest BCUT2D eigenvalue weighted by atomic mass is 32.2. The maximum Gasteiger partial charge on any atom is 0.248 e. The number of para-hydroxylation sites is 1. The molecular formula is C21H24N2O3S. The van der Waals surface area contributed by atoms with E-state index in [1.54, 1.807) is 28.8 Å². The third-order valence-corrected chi connectivity index (χ3v) is 5.20. The molecule has 1 aliphatic rings. The molecule has 2 aromatic carbocycles. The SMILES string of the molecule is CC(C)(C)C(=O)N1CSCC1C(=O)Nc1ccc(Oc2ccccc2)cc1. The molecule has 6 heteroatoms. The largest absolute Gasteiger partial charge is 0.457 e. The maximum atomic E-state index is 12.7. The van der Waals surface area contributed by atoms with Crippen molar-refractivity contribution in [1.29, 1.82) is 0 Å². The summed E-state index contributed by atoms with van der Waals surface area (Å²) < 4.78 is 5.76. The summed E-state index contributed by atoms with van der Waals surface area (Å²) in [5.41, 5.74) is 0.181. The molecular weight excluding hydrogens is 360 g/mol. The van der Waals surface area contributed by atoms with Crippen LogP contribution in [-0.4, -0.2) is 34.4 Å². The number of amides is 2. The molecule has 0 spiro atoms. The summed E-state index contributed by atoms with van der Waals surface area (Å²) in [6.07, 6.45) is 0. The van der Waals surface area contributed by atoms with Crippen LogP contribution in [0.2, 0.25) is 0 Å². The highest BCUT2D eigenvalue weighted by molar-refractivity contribution is 7.99. The minimum Gasteiger partial charge on any atom is -0.457 e. The van der Waals surface area contributed by atoms with Crippen LogP contribution in [0, 0.1) is 5.41 Å². The van der Waals surface area contributed by atoms with Crippen LogP contribution in [-0.2, 0) is 9.59 Å². The number of carbonyl (C=O) groups is 2. The van der Waals surface area contributed by atoms with Crippen molar-refractivity contribution >= 4 is 29.3 Å². The van der Waals surface area contributed by atoms with E-state index in [0.717, 1.165) is 5.75 Å². The predicted octanol–water partition coefficient (Wildman–Crippen LogP) is 4.37. The maximum absolute atomic E-state index is 12.7. The Morgan fingerprint density at radius 3 is 2.30 bits per heavy atom. The molecule has 1 fully saturated rings. The van der Waals surface area contributed by atoms with Gasteiger partial charge in [0.1, 0.15) is 17.5 Å². The van der Waals surface area contributed by atoms with Crippen molar-refractivity contribution in [3.63, 3.8) is 0 Å². The molecule has 0 saturated carbocycles. The van der Waals surface area contributed by atoms with E-state index in [2.05, 4.69) is 5.32 Å². The fraction of sp³-hybridized carbons (Fsp3) is 0.333. The first-order valence-corrected chi connectivity index (χ1v) is 10.0. The van der Waals surface area contributed by atoms with E-state index in [4.69, 9.17) is 4.74 Å². The van der Waals surface area contributed by atoms with E-state index >= 15 is 0 Å². The lowest BCUT2D eigenvalue weighted by Gasteiger charge is -2.29. The Morgan fingerprint density at radius 1 is 1.04 bits per heavy atom. The molecule has 27 heavy (non-hydrogen) atoms. The van der Waals surface area contributed by atoms with E-state index in [1.807, 2.05) is 63.2 Å². The van der Waals surface area contributed by atoms with Gasteiger partial charge in [-0.2, -0.15) is 0 Å². The lowest BCUT2D eigenvalue weighted by atomic mass is 9.94. The number of nitrogens with zero attached hydrogens (tertiary/aromatic N) is 1. The van der Waals surface area contributed by atoms with Gasteiger partial charge in [-0.25, -0.2) is 0 Å². The third-order valence-electron chi connectivity index (χ3n) is 4.19. The summed E-state index contributed by atoms with van der Waals surface area (Å²) in [5.74, 6) is 2.46. The molecule has 2 amide bonds. The smallest absolute Gasteiger partial charge is 0.248 e. The van der Waals surface area contributed by atoms with Gasteiger partial charge in [-0.15, -0.1) is 11.8 Å². The second kappa shape index (κ2) is 8.05. The Balaban J connectivity index is 1.63. The molecule has 1 aliphatic heterocycles. The number of anilines is 1. The van der Waals surface area contributed by atoms with E-state index in [0.29, 0.717) is 23.1 Å². The molecule has 1 saturated heterocycles. The van der Waals surface area contributed by atoms with Gasteiger partial charge in [0.05, 0.1) is 5.88 Å². The monoisotopic (exact) mass is 384 g/mol. The number of benzene rings is 2. The van der Waals surface area contributed by atoms with Crippen LogP contribution < -0.4 is 10.1 Å². The van der Waals surface area contributed by atoms with E-state index in [1.165, 1.54) is 0 Å². The average Bonchev–Trinajstić information content (AvgIpc) is 3.12. The van der Waals surface area contributed by atoms with Crippen LogP contribution in [0.1, 0.15) is 20.8 Å². The van der Waals surface area contributed by atoms with E-state index < -0.39 is 11.5 Å². The normalized spacial score (nSPS) is 16.9. The molecule has 1 N–H and O–H groups in total. The number of thioether (sulfide) groups is 1. The Bertz CT molecular complexity index is 800. The Morgan fingerprint density at radius 2 is 1.67 bits per heavy atom. The molecule has 3 rings (SSSR count). The lowest BCUT2D eigenvalue weighted by molar-refractivity contribution is -0.143. The van der Waals surface area contributed by atoms with Gasteiger partial charge in [-0.3, -0.25) is 9.59 Å². The summed E-state index contributed by atoms with van der Waals surface area (Å²) >= 11 is 1.60. The molecule has 1 unspecified atom stereocenters. The number of rotatable bonds is 4. The van der Waals surface area contributed by atoms with Crippen molar-refractivity contribution in [3.05, 3.63) is 54.6 Å². The average molecular weight is 385 g/mol. The van der Waals surface area contributed by atoms with Gasteiger partial charge in [0, 0.05) is 16.9 Å². The Kier molecular flexibility index (Phi) is 5.75. The third kappa shape index (κ3) is 4.83. The van der Waals surface area contributed by atoms with E-state index in [-0.39, 0.29) is 11.8 Å². The molecule has 1 atom stereocenters. The van der Waals surface area contributed by atoms with Crippen molar-refractivity contribution < 1.29 is 14.3 Å². The lowest BCUT2D eigenvalue weighted by Crippen LogP contribution is -2.48. The van der Waals surface area contributed by atoms with Crippen LogP contribution in [0.3, 0.4) is 0 Å². The molecule has 1 heterocycles. The van der Waals surface area contributed by atoms with Crippen molar-refractivity contribution in [3.8, 4) is 11.5 Å². The first-order chi connectivity index (χ1) is 12.8. The van der Waals surface area contributed by atoms with Crippen LogP contribution in [0.4, 0.5) is 5.69 Å². The Labute approximate surface area is 164 Å². The Hall–Kier alpha value is -2.47. The summed E-state index contributed by atoms with van der Waals surface area (Å²) in [7, 11) is 0. The molecule has 142 valence electrons. The van der Waals surface area contributed by atoms with Crippen molar-refractivity contribution in [2.75, 3.05) is 16.9 Å². The van der Waals surface area contributed by atoms with Gasteiger partial charge >= 0.3 is 0 Å². The van der Waals surface area contributed by atoms with Crippen molar-refractivity contribution in [2.24, 2.45) is 5.41 Å². The highest BCUT2D eigenvalue weighted by Gasteiger charge is 2.38. The van der Waals surface area contributed by atoms with E-state index in [9.17, 15) is 9.59 Å². The van der Waals surface area contributed by atoms with Crippen LogP contribution in [0.25, 0.3) is 0 Å². The van der Waals surface area contributed by atoms with Gasteiger partial charge in [-0.1, -0.05) is 39.0 Å². The fourth-order valence-electron chi connectivity index (χ4n) is 2.75. The summed E-state index contributed by atoms with van der Waals surface area (Å²) in [4.78, 5) is 26.9. The predicted molar refractivity (Wildman–Crippen MR) is 109 cm³/mol. The molecule has 0 aromatic heterocycles. The molecule has 5 nitrogen and oxygen atoms in total. The number of nitrogens with one attached hydrogen (secondary N) is 1. The molecule has 0 bridgehead atoms. The zero-order valence-corrected chi connectivity index (χ0v) is 16.6. The summed E-state index contributed by atoms with van der Waals surface area (Å²) in [6.45, 7) is 5.62.